The van der Waals surface area contributed by atoms with Crippen molar-refractivity contribution in [2.24, 2.45) is 0 Å². The van der Waals surface area contributed by atoms with Crippen LogP contribution in [0.1, 0.15) is 5.56 Å². The molecule has 7 heteroatoms. The molecular formula is C20H14BrN3O2S. The fraction of sp³-hybridized carbons (Fsp3) is 0.0500. The van der Waals surface area contributed by atoms with E-state index in [0.717, 1.165) is 15.7 Å². The summed E-state index contributed by atoms with van der Waals surface area (Å²) >= 11 is 4.73. The maximum Gasteiger partial charge on any atom is 0.268 e. The van der Waals surface area contributed by atoms with E-state index in [1.54, 1.807) is 12.1 Å². The molecule has 134 valence electrons. The number of rotatable bonds is 5. The van der Waals surface area contributed by atoms with Crippen molar-refractivity contribution in [1.82, 2.24) is 4.98 Å². The Morgan fingerprint density at radius 3 is 2.85 bits per heavy atom. The van der Waals surface area contributed by atoms with E-state index in [4.69, 9.17) is 4.74 Å². The number of nitrogens with one attached hydrogen (secondary N) is 1. The van der Waals surface area contributed by atoms with Gasteiger partial charge in [0.1, 0.15) is 17.4 Å². The highest BCUT2D eigenvalue weighted by molar-refractivity contribution is 9.10. The van der Waals surface area contributed by atoms with Crippen LogP contribution in [-0.4, -0.2) is 18.0 Å². The molecule has 27 heavy (non-hydrogen) atoms. The van der Waals surface area contributed by atoms with E-state index in [-0.39, 0.29) is 5.57 Å². The normalized spacial score (nSPS) is 10.9. The number of ether oxygens (including phenoxy) is 1. The van der Waals surface area contributed by atoms with Gasteiger partial charge in [-0.15, -0.1) is 11.3 Å². The number of halogens is 1. The number of methoxy groups -OCH3 is 1. The Balaban J connectivity index is 1.80. The first-order chi connectivity index (χ1) is 13.1. The predicted molar refractivity (Wildman–Crippen MR) is 110 cm³/mol. The van der Waals surface area contributed by atoms with Crippen molar-refractivity contribution >= 4 is 44.4 Å². The lowest BCUT2D eigenvalue weighted by Gasteiger charge is -2.05. The van der Waals surface area contributed by atoms with Crippen molar-refractivity contribution in [1.29, 1.82) is 5.26 Å². The molecule has 0 aliphatic carbocycles. The van der Waals surface area contributed by atoms with Gasteiger partial charge in [0.05, 0.1) is 12.8 Å². The molecule has 0 aliphatic rings. The van der Waals surface area contributed by atoms with Crippen LogP contribution in [0.4, 0.5) is 5.13 Å². The molecule has 0 unspecified atom stereocenters. The second-order valence-corrected chi connectivity index (χ2v) is 7.19. The Bertz CT molecular complexity index is 1050. The number of nitrogens with zero attached hydrogens (tertiary/aromatic N) is 2. The van der Waals surface area contributed by atoms with Crippen LogP contribution < -0.4 is 10.1 Å². The summed E-state index contributed by atoms with van der Waals surface area (Å²) in [6.07, 6.45) is 1.50. The lowest BCUT2D eigenvalue weighted by atomic mass is 10.1. The molecule has 0 atom stereocenters. The van der Waals surface area contributed by atoms with E-state index in [1.807, 2.05) is 47.8 Å². The van der Waals surface area contributed by atoms with Crippen molar-refractivity contribution < 1.29 is 9.53 Å². The number of nitriles is 1. The van der Waals surface area contributed by atoms with Gasteiger partial charge in [-0.25, -0.2) is 4.98 Å². The zero-order valence-corrected chi connectivity index (χ0v) is 16.7. The molecule has 1 amide bonds. The summed E-state index contributed by atoms with van der Waals surface area (Å²) in [6.45, 7) is 0. The highest BCUT2D eigenvalue weighted by atomic mass is 79.9. The summed E-state index contributed by atoms with van der Waals surface area (Å²) < 4.78 is 6.20. The predicted octanol–water partition coefficient (Wildman–Crippen LogP) is 5.13. The van der Waals surface area contributed by atoms with Crippen molar-refractivity contribution in [3.63, 3.8) is 0 Å². The average Bonchev–Trinajstić information content (AvgIpc) is 3.14. The smallest absolute Gasteiger partial charge is 0.268 e. The van der Waals surface area contributed by atoms with E-state index in [2.05, 4.69) is 26.2 Å². The maximum absolute atomic E-state index is 12.5. The Hall–Kier alpha value is -2.95. The van der Waals surface area contributed by atoms with Crippen LogP contribution in [0.15, 0.2) is 64.0 Å². The van der Waals surface area contributed by atoms with Gasteiger partial charge < -0.3 is 4.74 Å². The molecular weight excluding hydrogens is 426 g/mol. The molecule has 0 fully saturated rings. The number of thiazole rings is 1. The van der Waals surface area contributed by atoms with Gasteiger partial charge in [-0.3, -0.25) is 10.1 Å². The standard InChI is InChI=1S/C20H14BrN3O2S/c1-26-18-8-3-2-5-14(18)9-15(11-22)19(25)24-20-23-17(12-27-20)13-6-4-7-16(21)10-13/h2-10,12H,1H3,(H,23,24,25)/b15-9+. The van der Waals surface area contributed by atoms with Crippen LogP contribution in [-0.2, 0) is 4.79 Å². The average molecular weight is 440 g/mol. The van der Waals surface area contributed by atoms with Crippen molar-refractivity contribution in [2.75, 3.05) is 12.4 Å². The molecule has 0 saturated heterocycles. The van der Waals surface area contributed by atoms with Crippen molar-refractivity contribution in [3.05, 3.63) is 69.5 Å². The van der Waals surface area contributed by atoms with Crippen molar-refractivity contribution in [3.8, 4) is 23.1 Å². The second-order valence-electron chi connectivity index (χ2n) is 5.41. The minimum Gasteiger partial charge on any atom is -0.496 e. The topological polar surface area (TPSA) is 75.0 Å². The van der Waals surface area contributed by atoms with Gasteiger partial charge in [0.2, 0.25) is 0 Å². The Kier molecular flexibility index (Phi) is 6.01. The van der Waals surface area contributed by atoms with Gasteiger partial charge in [-0.05, 0) is 24.3 Å². The molecule has 0 saturated carbocycles. The number of carbonyl (C=O) groups excluding carboxylic acids is 1. The summed E-state index contributed by atoms with van der Waals surface area (Å²) in [5.74, 6) is 0.0720. The third-order valence-electron chi connectivity index (χ3n) is 3.65. The second kappa shape index (κ2) is 8.62. The van der Waals surface area contributed by atoms with Gasteiger partial charge in [0.15, 0.2) is 5.13 Å². The summed E-state index contributed by atoms with van der Waals surface area (Å²) in [6, 6.07) is 16.8. The molecule has 1 aromatic heterocycles. The zero-order valence-electron chi connectivity index (χ0n) is 14.3. The molecule has 3 rings (SSSR count). The lowest BCUT2D eigenvalue weighted by Crippen LogP contribution is -2.13. The first-order valence-electron chi connectivity index (χ1n) is 7.88. The molecule has 0 bridgehead atoms. The molecule has 5 nitrogen and oxygen atoms in total. The minimum atomic E-state index is -0.515. The van der Waals surface area contributed by atoms with Crippen LogP contribution in [0, 0.1) is 11.3 Å². The minimum absolute atomic E-state index is 0.0290. The SMILES string of the molecule is COc1ccccc1/C=C(\C#N)C(=O)Nc1nc(-c2cccc(Br)c2)cs1. The fourth-order valence-electron chi connectivity index (χ4n) is 2.37. The maximum atomic E-state index is 12.5. The van der Waals surface area contributed by atoms with E-state index >= 15 is 0 Å². The molecule has 0 aliphatic heterocycles. The van der Waals surface area contributed by atoms with Crippen LogP contribution in [0.5, 0.6) is 5.75 Å². The Morgan fingerprint density at radius 1 is 1.30 bits per heavy atom. The largest absolute Gasteiger partial charge is 0.496 e. The number of amides is 1. The Morgan fingerprint density at radius 2 is 2.11 bits per heavy atom. The Labute approximate surface area is 169 Å². The van der Waals surface area contributed by atoms with Gasteiger partial charge in [0.25, 0.3) is 5.91 Å². The van der Waals surface area contributed by atoms with E-state index < -0.39 is 5.91 Å². The highest BCUT2D eigenvalue weighted by Crippen LogP contribution is 2.27. The summed E-state index contributed by atoms with van der Waals surface area (Å²) in [4.78, 5) is 16.9. The zero-order chi connectivity index (χ0) is 19.2. The third-order valence-corrected chi connectivity index (χ3v) is 4.90. The first kappa shape index (κ1) is 18.8. The van der Waals surface area contributed by atoms with Crippen molar-refractivity contribution in [2.45, 2.75) is 0 Å². The lowest BCUT2D eigenvalue weighted by molar-refractivity contribution is -0.112. The quantitative estimate of drug-likeness (QED) is 0.441. The number of para-hydroxylation sites is 1. The molecule has 0 radical (unpaired) electrons. The highest BCUT2D eigenvalue weighted by Gasteiger charge is 2.13. The van der Waals surface area contributed by atoms with Gasteiger partial charge in [-0.1, -0.05) is 46.3 Å². The van der Waals surface area contributed by atoms with E-state index in [1.165, 1.54) is 24.5 Å². The van der Waals surface area contributed by atoms with E-state index in [9.17, 15) is 10.1 Å². The summed E-state index contributed by atoms with van der Waals surface area (Å²) in [5, 5.41) is 14.3. The number of benzene rings is 2. The van der Waals surface area contributed by atoms with Crippen LogP contribution in [0.3, 0.4) is 0 Å². The molecule has 1 N–H and O–H groups in total. The number of anilines is 1. The van der Waals surface area contributed by atoms with Crippen LogP contribution in [0.2, 0.25) is 0 Å². The monoisotopic (exact) mass is 439 g/mol. The van der Waals surface area contributed by atoms with Gasteiger partial charge >= 0.3 is 0 Å². The number of hydrogen-bond acceptors (Lipinski definition) is 5. The molecule has 0 spiro atoms. The number of hydrogen-bond donors (Lipinski definition) is 1. The number of aromatic nitrogens is 1. The third kappa shape index (κ3) is 4.61. The first-order valence-corrected chi connectivity index (χ1v) is 9.55. The van der Waals surface area contributed by atoms with Gasteiger partial charge in [-0.2, -0.15) is 5.26 Å². The number of carbonyl (C=O) groups is 1. The van der Waals surface area contributed by atoms with Crippen LogP contribution >= 0.6 is 27.3 Å². The molecule has 3 aromatic rings. The molecule has 2 aromatic carbocycles. The fourth-order valence-corrected chi connectivity index (χ4v) is 3.48. The van der Waals surface area contributed by atoms with Gasteiger partial charge in [0, 0.05) is 21.0 Å². The molecule has 1 heterocycles. The summed E-state index contributed by atoms with van der Waals surface area (Å²) in [7, 11) is 1.54. The van der Waals surface area contributed by atoms with Crippen LogP contribution in [0.25, 0.3) is 17.3 Å². The summed E-state index contributed by atoms with van der Waals surface area (Å²) in [5.41, 5.74) is 2.31. The van der Waals surface area contributed by atoms with E-state index in [0.29, 0.717) is 16.4 Å².